The molecule has 0 radical (unpaired) electrons. The number of sulfonamides is 1. The van der Waals surface area contributed by atoms with E-state index in [9.17, 15) is 17.6 Å². The number of hydrogen-bond acceptors (Lipinski definition) is 5. The molecular formula is C28H33FN2O4S2. The van der Waals surface area contributed by atoms with Gasteiger partial charge >= 0.3 is 0 Å². The molecule has 1 aromatic heterocycles. The molecular weight excluding hydrogens is 511 g/mol. The van der Waals surface area contributed by atoms with Gasteiger partial charge in [0.25, 0.3) is 0 Å². The lowest BCUT2D eigenvalue weighted by Gasteiger charge is -2.37. The number of fused-ring (bicyclic) bond motifs is 1. The topological polar surface area (TPSA) is 66.9 Å². The predicted molar refractivity (Wildman–Crippen MR) is 144 cm³/mol. The normalized spacial score (nSPS) is 15.7. The highest BCUT2D eigenvalue weighted by molar-refractivity contribution is 7.89. The SMILES string of the molecule is Cc1ccc(S(=O)(=O)N(CCC(C)C)CC(=O)N2CCc3sccc3[C@H]2COc2ccccc2F)cc1. The van der Waals surface area contributed by atoms with Crippen molar-refractivity contribution in [3.63, 3.8) is 0 Å². The maximum absolute atomic E-state index is 14.2. The van der Waals surface area contributed by atoms with Gasteiger partial charge in [0.2, 0.25) is 15.9 Å². The van der Waals surface area contributed by atoms with Crippen molar-refractivity contribution in [1.82, 2.24) is 9.21 Å². The minimum atomic E-state index is -3.87. The van der Waals surface area contributed by atoms with Crippen LogP contribution >= 0.6 is 11.3 Å². The van der Waals surface area contributed by atoms with Gasteiger partial charge in [0.05, 0.1) is 17.5 Å². The summed E-state index contributed by atoms with van der Waals surface area (Å²) >= 11 is 1.62. The highest BCUT2D eigenvalue weighted by Gasteiger charge is 2.35. The Bertz CT molecular complexity index is 1320. The van der Waals surface area contributed by atoms with E-state index in [1.165, 1.54) is 10.4 Å². The van der Waals surface area contributed by atoms with Gasteiger partial charge in [0.1, 0.15) is 6.61 Å². The first-order chi connectivity index (χ1) is 17.7. The van der Waals surface area contributed by atoms with Crippen molar-refractivity contribution in [2.75, 3.05) is 26.2 Å². The lowest BCUT2D eigenvalue weighted by Crippen LogP contribution is -2.48. The van der Waals surface area contributed by atoms with E-state index < -0.39 is 21.9 Å². The third-order valence-electron chi connectivity index (χ3n) is 6.57. The van der Waals surface area contributed by atoms with Crippen molar-refractivity contribution in [1.29, 1.82) is 0 Å². The highest BCUT2D eigenvalue weighted by atomic mass is 32.2. The van der Waals surface area contributed by atoms with Gasteiger partial charge in [-0.25, -0.2) is 12.8 Å². The Morgan fingerprint density at radius 1 is 1.16 bits per heavy atom. The van der Waals surface area contributed by atoms with Crippen LogP contribution in [0.25, 0.3) is 0 Å². The van der Waals surface area contributed by atoms with Crippen LogP contribution in [0.3, 0.4) is 0 Å². The number of carbonyl (C=O) groups excluding carboxylic acids is 1. The largest absolute Gasteiger partial charge is 0.488 e. The van der Waals surface area contributed by atoms with E-state index >= 15 is 0 Å². The molecule has 0 saturated heterocycles. The first kappa shape index (κ1) is 27.3. The van der Waals surface area contributed by atoms with Gasteiger partial charge in [-0.3, -0.25) is 4.79 Å². The number of hydrogen-bond donors (Lipinski definition) is 0. The molecule has 0 fully saturated rings. The fourth-order valence-electron chi connectivity index (χ4n) is 4.39. The quantitative estimate of drug-likeness (QED) is 0.341. The zero-order valence-corrected chi connectivity index (χ0v) is 23.0. The monoisotopic (exact) mass is 544 g/mol. The Balaban J connectivity index is 1.58. The van der Waals surface area contributed by atoms with Crippen LogP contribution in [0.4, 0.5) is 4.39 Å². The number of benzene rings is 2. The number of rotatable bonds is 10. The van der Waals surface area contributed by atoms with E-state index in [1.807, 2.05) is 32.2 Å². The van der Waals surface area contributed by atoms with Gasteiger partial charge in [-0.2, -0.15) is 4.31 Å². The van der Waals surface area contributed by atoms with E-state index in [0.717, 1.165) is 16.0 Å². The molecule has 0 spiro atoms. The summed E-state index contributed by atoms with van der Waals surface area (Å²) in [5, 5.41) is 1.98. The molecule has 0 N–H and O–H groups in total. The molecule has 1 aliphatic heterocycles. The molecule has 2 heterocycles. The van der Waals surface area contributed by atoms with Crippen LogP contribution in [0, 0.1) is 18.7 Å². The van der Waals surface area contributed by atoms with Crippen LogP contribution in [0.15, 0.2) is 64.9 Å². The molecule has 0 saturated carbocycles. The van der Waals surface area contributed by atoms with Crippen molar-refractivity contribution in [2.24, 2.45) is 5.92 Å². The van der Waals surface area contributed by atoms with E-state index in [0.29, 0.717) is 19.4 Å². The molecule has 1 aliphatic rings. The second kappa shape index (κ2) is 11.8. The second-order valence-corrected chi connectivity index (χ2v) is 12.7. The Kier molecular flexibility index (Phi) is 8.67. The molecule has 0 unspecified atom stereocenters. The van der Waals surface area contributed by atoms with E-state index in [-0.39, 0.29) is 42.2 Å². The van der Waals surface area contributed by atoms with Crippen molar-refractivity contribution in [3.8, 4) is 5.75 Å². The van der Waals surface area contributed by atoms with E-state index in [4.69, 9.17) is 4.74 Å². The summed E-state index contributed by atoms with van der Waals surface area (Å²) in [6.07, 6.45) is 1.32. The van der Waals surface area contributed by atoms with Crippen LogP contribution in [0.5, 0.6) is 5.75 Å². The average molecular weight is 545 g/mol. The van der Waals surface area contributed by atoms with Gasteiger partial charge in [-0.05, 0) is 67.0 Å². The van der Waals surface area contributed by atoms with E-state index in [2.05, 4.69) is 0 Å². The lowest BCUT2D eigenvalue weighted by atomic mass is 10.0. The number of para-hydroxylation sites is 1. The molecule has 2 aromatic carbocycles. The van der Waals surface area contributed by atoms with Crippen LogP contribution in [-0.4, -0.2) is 49.8 Å². The number of nitrogens with zero attached hydrogens (tertiary/aromatic N) is 2. The molecule has 9 heteroatoms. The van der Waals surface area contributed by atoms with Crippen molar-refractivity contribution >= 4 is 27.3 Å². The van der Waals surface area contributed by atoms with Gasteiger partial charge in [-0.15, -0.1) is 11.3 Å². The molecule has 37 heavy (non-hydrogen) atoms. The Labute approximate surface area is 222 Å². The van der Waals surface area contributed by atoms with Gasteiger partial charge < -0.3 is 9.64 Å². The summed E-state index contributed by atoms with van der Waals surface area (Å²) in [5.74, 6) is -0.363. The number of halogens is 1. The maximum atomic E-state index is 14.2. The van der Waals surface area contributed by atoms with Crippen LogP contribution in [0.2, 0.25) is 0 Å². The summed E-state index contributed by atoms with van der Waals surface area (Å²) in [6, 6.07) is 14.4. The summed E-state index contributed by atoms with van der Waals surface area (Å²) in [5.41, 5.74) is 1.93. The molecule has 198 valence electrons. The standard InChI is InChI=1S/C28H33FN2O4S2/c1-20(2)12-15-30(37(33,34)22-10-8-21(3)9-11-22)18-28(32)31-16-13-27-23(14-17-36-27)25(31)19-35-26-7-5-4-6-24(26)29/h4-11,14,17,20,25H,12-13,15-16,18-19H2,1-3H3/t25-/m1/s1. The second-order valence-electron chi connectivity index (χ2n) is 9.73. The summed E-state index contributed by atoms with van der Waals surface area (Å²) in [6.45, 7) is 6.45. The lowest BCUT2D eigenvalue weighted by molar-refractivity contribution is -0.135. The third-order valence-corrected chi connectivity index (χ3v) is 9.43. The van der Waals surface area contributed by atoms with Crippen molar-refractivity contribution < 1.29 is 22.3 Å². The number of thiophene rings is 1. The highest BCUT2D eigenvalue weighted by Crippen LogP contribution is 2.34. The molecule has 1 amide bonds. The van der Waals surface area contributed by atoms with Crippen LogP contribution in [0.1, 0.15) is 42.3 Å². The van der Waals surface area contributed by atoms with Gasteiger partial charge in [0.15, 0.2) is 11.6 Å². The summed E-state index contributed by atoms with van der Waals surface area (Å²) in [4.78, 5) is 16.7. The molecule has 6 nitrogen and oxygen atoms in total. The van der Waals surface area contributed by atoms with Gasteiger partial charge in [-0.1, -0.05) is 43.7 Å². The number of amides is 1. The first-order valence-corrected chi connectivity index (χ1v) is 14.8. The smallest absolute Gasteiger partial charge is 0.243 e. The molecule has 0 bridgehead atoms. The van der Waals surface area contributed by atoms with Crippen molar-refractivity contribution in [3.05, 3.63) is 81.8 Å². The Morgan fingerprint density at radius 2 is 1.89 bits per heavy atom. The average Bonchev–Trinajstić information content (AvgIpc) is 3.35. The Morgan fingerprint density at radius 3 is 2.59 bits per heavy atom. The fraction of sp³-hybridized carbons (Fsp3) is 0.393. The molecule has 0 aliphatic carbocycles. The van der Waals surface area contributed by atoms with E-state index in [1.54, 1.807) is 58.7 Å². The predicted octanol–water partition coefficient (Wildman–Crippen LogP) is 5.44. The third kappa shape index (κ3) is 6.40. The van der Waals surface area contributed by atoms with Crippen molar-refractivity contribution in [2.45, 2.75) is 44.6 Å². The minimum absolute atomic E-state index is 0.0765. The fourth-order valence-corrected chi connectivity index (χ4v) is 6.73. The number of carbonyl (C=O) groups is 1. The van der Waals surface area contributed by atoms with Gasteiger partial charge in [0, 0.05) is 18.0 Å². The minimum Gasteiger partial charge on any atom is -0.488 e. The number of ether oxygens (including phenoxy) is 1. The first-order valence-electron chi connectivity index (χ1n) is 12.5. The molecule has 4 rings (SSSR count). The summed E-state index contributed by atoms with van der Waals surface area (Å²) in [7, 11) is -3.87. The molecule has 1 atom stereocenters. The zero-order valence-electron chi connectivity index (χ0n) is 21.4. The summed E-state index contributed by atoms with van der Waals surface area (Å²) < 4.78 is 48.4. The van der Waals surface area contributed by atoms with Crippen LogP contribution in [-0.2, 0) is 21.2 Å². The maximum Gasteiger partial charge on any atom is 0.243 e. The number of aryl methyl sites for hydroxylation is 1. The zero-order chi connectivity index (χ0) is 26.6. The van der Waals surface area contributed by atoms with Crippen LogP contribution < -0.4 is 4.74 Å². The Hall–Kier alpha value is -2.75. The molecule has 3 aromatic rings.